The normalized spacial score (nSPS) is 15.5. The van der Waals surface area contributed by atoms with Gasteiger partial charge in [0.1, 0.15) is 5.75 Å². The van der Waals surface area contributed by atoms with Gasteiger partial charge in [-0.2, -0.15) is 0 Å². The maximum atomic E-state index is 12.1. The van der Waals surface area contributed by atoms with E-state index in [9.17, 15) is 4.79 Å². The molecular formula is C29H39NO3. The molecule has 1 aliphatic carbocycles. The van der Waals surface area contributed by atoms with Gasteiger partial charge in [0.2, 0.25) is 0 Å². The largest absolute Gasteiger partial charge is 0.496 e. The van der Waals surface area contributed by atoms with Crippen LogP contribution in [0, 0.1) is 5.92 Å². The van der Waals surface area contributed by atoms with Crippen LogP contribution in [0.5, 0.6) is 5.75 Å². The number of allylic oxidation sites excluding steroid dienone is 2. The molecule has 2 aromatic rings. The van der Waals surface area contributed by atoms with Crippen LogP contribution in [-0.4, -0.2) is 26.2 Å². The van der Waals surface area contributed by atoms with Crippen molar-refractivity contribution in [3.8, 4) is 5.75 Å². The van der Waals surface area contributed by atoms with Crippen LogP contribution in [0.4, 0.5) is 5.69 Å². The molecule has 0 spiro atoms. The molecule has 4 heteroatoms. The van der Waals surface area contributed by atoms with Crippen molar-refractivity contribution in [2.75, 3.05) is 25.2 Å². The van der Waals surface area contributed by atoms with Gasteiger partial charge in [0, 0.05) is 17.8 Å². The van der Waals surface area contributed by atoms with Crippen LogP contribution >= 0.6 is 0 Å². The fourth-order valence-electron chi connectivity index (χ4n) is 4.88. The van der Waals surface area contributed by atoms with Crippen LogP contribution in [0.2, 0.25) is 0 Å². The summed E-state index contributed by atoms with van der Waals surface area (Å²) in [7, 11) is 1.76. The van der Waals surface area contributed by atoms with Crippen molar-refractivity contribution < 1.29 is 14.3 Å². The number of anilines is 1. The molecule has 0 saturated carbocycles. The minimum Gasteiger partial charge on any atom is -0.496 e. The average molecular weight is 450 g/mol. The number of carbonyl (C=O) groups excluding carboxylic acids is 1. The summed E-state index contributed by atoms with van der Waals surface area (Å²) in [5.74, 6) is 1.11. The Morgan fingerprint density at radius 3 is 2.30 bits per heavy atom. The lowest BCUT2D eigenvalue weighted by molar-refractivity contribution is 0.0526. The van der Waals surface area contributed by atoms with Crippen molar-refractivity contribution in [3.05, 3.63) is 64.7 Å². The molecule has 2 aromatic carbocycles. The molecule has 0 aliphatic heterocycles. The lowest BCUT2D eigenvalue weighted by Gasteiger charge is -2.36. The summed E-state index contributed by atoms with van der Waals surface area (Å²) in [6.07, 6.45) is 3.46. The van der Waals surface area contributed by atoms with Gasteiger partial charge in [-0.15, -0.1) is 0 Å². The van der Waals surface area contributed by atoms with Crippen molar-refractivity contribution >= 4 is 17.2 Å². The zero-order valence-electron chi connectivity index (χ0n) is 21.5. The molecule has 33 heavy (non-hydrogen) atoms. The second kappa shape index (κ2) is 10.0. The van der Waals surface area contributed by atoms with Crippen LogP contribution in [0.15, 0.2) is 42.5 Å². The van der Waals surface area contributed by atoms with E-state index >= 15 is 0 Å². The molecule has 0 fully saturated rings. The van der Waals surface area contributed by atoms with Crippen LogP contribution in [0.25, 0.3) is 5.57 Å². The first-order valence-corrected chi connectivity index (χ1v) is 12.1. The summed E-state index contributed by atoms with van der Waals surface area (Å²) < 4.78 is 11.0. The Hall–Kier alpha value is -2.75. The van der Waals surface area contributed by atoms with E-state index in [1.54, 1.807) is 7.11 Å². The van der Waals surface area contributed by atoms with Gasteiger partial charge >= 0.3 is 5.97 Å². The van der Waals surface area contributed by atoms with E-state index in [0.29, 0.717) is 18.1 Å². The van der Waals surface area contributed by atoms with E-state index in [4.69, 9.17) is 9.47 Å². The number of nitrogens with zero attached hydrogens (tertiary/aromatic N) is 1. The van der Waals surface area contributed by atoms with Gasteiger partial charge in [0.05, 0.1) is 25.3 Å². The summed E-state index contributed by atoms with van der Waals surface area (Å²) in [4.78, 5) is 14.4. The lowest BCUT2D eigenvalue weighted by Crippen LogP contribution is -2.28. The van der Waals surface area contributed by atoms with Gasteiger partial charge in [-0.3, -0.25) is 0 Å². The van der Waals surface area contributed by atoms with E-state index in [-0.39, 0.29) is 17.4 Å². The summed E-state index contributed by atoms with van der Waals surface area (Å²) in [6, 6.07) is 12.4. The van der Waals surface area contributed by atoms with Crippen LogP contribution in [-0.2, 0) is 10.2 Å². The molecule has 1 unspecified atom stereocenters. The van der Waals surface area contributed by atoms with E-state index < -0.39 is 0 Å². The molecule has 0 amide bonds. The molecule has 178 valence electrons. The number of carbonyl (C=O) groups is 1. The van der Waals surface area contributed by atoms with Crippen molar-refractivity contribution in [3.63, 3.8) is 0 Å². The first-order chi connectivity index (χ1) is 15.6. The van der Waals surface area contributed by atoms with Crippen molar-refractivity contribution in [2.45, 2.75) is 66.3 Å². The summed E-state index contributed by atoms with van der Waals surface area (Å²) >= 11 is 0. The monoisotopic (exact) mass is 449 g/mol. The zero-order valence-corrected chi connectivity index (χ0v) is 21.5. The van der Waals surface area contributed by atoms with Crippen LogP contribution in [0.3, 0.4) is 0 Å². The Morgan fingerprint density at radius 2 is 1.76 bits per heavy atom. The highest BCUT2D eigenvalue weighted by Gasteiger charge is 2.32. The summed E-state index contributed by atoms with van der Waals surface area (Å²) in [5, 5.41) is 0. The second-order valence-electron chi connectivity index (χ2n) is 9.77. The minimum atomic E-state index is -0.285. The quantitative estimate of drug-likeness (QED) is 0.400. The number of hydrogen-bond donors (Lipinski definition) is 0. The van der Waals surface area contributed by atoms with Crippen LogP contribution < -0.4 is 9.64 Å². The number of fused-ring (bicyclic) bond motifs is 1. The fourth-order valence-corrected chi connectivity index (χ4v) is 4.88. The molecule has 3 rings (SSSR count). The number of methoxy groups -OCH3 is 1. The molecule has 0 N–H and O–H groups in total. The number of hydrogen-bond acceptors (Lipinski definition) is 4. The van der Waals surface area contributed by atoms with Gasteiger partial charge in [-0.25, -0.2) is 4.79 Å². The Kier molecular flexibility index (Phi) is 7.56. The van der Waals surface area contributed by atoms with Gasteiger partial charge in [-0.05, 0) is 91.6 Å². The van der Waals surface area contributed by atoms with E-state index in [2.05, 4.69) is 64.7 Å². The van der Waals surface area contributed by atoms with Gasteiger partial charge in [0.25, 0.3) is 0 Å². The number of rotatable bonds is 8. The third-order valence-electron chi connectivity index (χ3n) is 6.83. The van der Waals surface area contributed by atoms with Gasteiger partial charge in [0.15, 0.2) is 0 Å². The number of esters is 1. The first-order valence-electron chi connectivity index (χ1n) is 12.1. The Labute approximate surface area is 199 Å². The lowest BCUT2D eigenvalue weighted by atomic mass is 9.70. The number of benzene rings is 2. The first kappa shape index (κ1) is 24.9. The predicted molar refractivity (Wildman–Crippen MR) is 137 cm³/mol. The van der Waals surface area contributed by atoms with E-state index in [1.807, 2.05) is 31.2 Å². The third kappa shape index (κ3) is 4.95. The highest BCUT2D eigenvalue weighted by atomic mass is 16.5. The fraction of sp³-hybridized carbons (Fsp3) is 0.483. The Balaban J connectivity index is 2.03. The van der Waals surface area contributed by atoms with Gasteiger partial charge < -0.3 is 14.4 Å². The molecule has 0 saturated heterocycles. The third-order valence-corrected chi connectivity index (χ3v) is 6.83. The Bertz CT molecular complexity index is 1020. The van der Waals surface area contributed by atoms with Crippen molar-refractivity contribution in [1.82, 2.24) is 0 Å². The highest BCUT2D eigenvalue weighted by molar-refractivity contribution is 5.89. The molecule has 4 nitrogen and oxygen atoms in total. The standard InChI is InChI=1S/C29H39NO3/c1-9-30(22-13-11-21(12-14-22)28(31)33-10-2)20(5)24-17-25-23(19(3)4)15-16-29(6,7)26(25)18-27(24)32-8/h11-15,17-20H,9-10,16H2,1-8H3. The molecular weight excluding hydrogens is 410 g/mol. The minimum absolute atomic E-state index is 0.0795. The molecule has 1 atom stereocenters. The topological polar surface area (TPSA) is 38.8 Å². The smallest absolute Gasteiger partial charge is 0.338 e. The summed E-state index contributed by atoms with van der Waals surface area (Å²) in [6.45, 7) is 16.6. The molecule has 0 heterocycles. The second-order valence-corrected chi connectivity index (χ2v) is 9.77. The highest BCUT2D eigenvalue weighted by Crippen LogP contribution is 2.45. The Morgan fingerprint density at radius 1 is 1.09 bits per heavy atom. The van der Waals surface area contributed by atoms with Crippen LogP contribution in [0.1, 0.15) is 88.0 Å². The molecule has 0 radical (unpaired) electrons. The number of ether oxygens (including phenoxy) is 2. The van der Waals surface area contributed by atoms with Crippen molar-refractivity contribution in [2.24, 2.45) is 5.92 Å². The SMILES string of the molecule is CCOC(=O)c1ccc(N(CC)C(C)c2cc3c(cc2OC)C(C)(C)CC=C3C(C)C)cc1. The maximum Gasteiger partial charge on any atom is 0.338 e. The van der Waals surface area contributed by atoms with Crippen molar-refractivity contribution in [1.29, 1.82) is 0 Å². The predicted octanol–water partition coefficient (Wildman–Crippen LogP) is 7.18. The van der Waals surface area contributed by atoms with Gasteiger partial charge in [-0.1, -0.05) is 33.8 Å². The van der Waals surface area contributed by atoms with E-state index in [1.165, 1.54) is 22.3 Å². The average Bonchev–Trinajstić information content (AvgIpc) is 2.79. The molecule has 0 aromatic heterocycles. The van der Waals surface area contributed by atoms with E-state index in [0.717, 1.165) is 24.4 Å². The summed E-state index contributed by atoms with van der Waals surface area (Å²) in [5.41, 5.74) is 7.03. The molecule has 0 bridgehead atoms. The molecule has 1 aliphatic rings. The maximum absolute atomic E-state index is 12.1. The zero-order chi connectivity index (χ0) is 24.3.